The lowest BCUT2D eigenvalue weighted by Gasteiger charge is -2.30. The van der Waals surface area contributed by atoms with E-state index in [0.29, 0.717) is 18.4 Å². The van der Waals surface area contributed by atoms with Gasteiger partial charge < -0.3 is 5.11 Å². The monoisotopic (exact) mass is 196 g/mol. The van der Waals surface area contributed by atoms with Gasteiger partial charge in [-0.05, 0) is 43.6 Å². The second-order valence-corrected chi connectivity index (χ2v) is 4.36. The van der Waals surface area contributed by atoms with Crippen LogP contribution in [0.25, 0.3) is 0 Å². The molecule has 0 heterocycles. The average molecular weight is 196 g/mol. The third-order valence-corrected chi connectivity index (χ3v) is 3.51. The molecule has 0 radical (unpaired) electrons. The van der Waals surface area contributed by atoms with E-state index in [-0.39, 0.29) is 11.7 Å². The molecule has 1 aliphatic rings. The van der Waals surface area contributed by atoms with Gasteiger partial charge in [-0.25, -0.2) is 0 Å². The fourth-order valence-electron chi connectivity index (χ4n) is 2.29. The third-order valence-electron chi connectivity index (χ3n) is 3.51. The van der Waals surface area contributed by atoms with Crippen LogP contribution in [0.15, 0.2) is 12.7 Å². The number of carbonyl (C=O) groups is 1. The molecule has 2 heteroatoms. The fraction of sp³-hybridized carbons (Fsp3) is 0.750. The Labute approximate surface area is 86.0 Å². The largest absolute Gasteiger partial charge is 0.396 e. The first-order chi connectivity index (χ1) is 6.69. The van der Waals surface area contributed by atoms with Crippen LogP contribution in [0.2, 0.25) is 0 Å². The Balaban J connectivity index is 2.41. The maximum atomic E-state index is 11.4. The standard InChI is InChI=1S/C12H20O2/c1-3-12(14)9(2)11-6-4-10(8-13)5-7-11/h3,9-11,13H,1,4-8H2,2H3. The van der Waals surface area contributed by atoms with Gasteiger partial charge in [0.25, 0.3) is 0 Å². The van der Waals surface area contributed by atoms with Gasteiger partial charge in [0.15, 0.2) is 5.78 Å². The Morgan fingerprint density at radius 2 is 2.07 bits per heavy atom. The van der Waals surface area contributed by atoms with E-state index in [2.05, 4.69) is 6.58 Å². The molecular weight excluding hydrogens is 176 g/mol. The molecule has 1 rings (SSSR count). The highest BCUT2D eigenvalue weighted by atomic mass is 16.3. The summed E-state index contributed by atoms with van der Waals surface area (Å²) in [6.07, 6.45) is 5.71. The summed E-state index contributed by atoms with van der Waals surface area (Å²) in [6.45, 7) is 5.81. The Morgan fingerprint density at radius 1 is 1.50 bits per heavy atom. The molecular formula is C12H20O2. The van der Waals surface area contributed by atoms with Crippen molar-refractivity contribution in [3.8, 4) is 0 Å². The smallest absolute Gasteiger partial charge is 0.158 e. The van der Waals surface area contributed by atoms with Crippen LogP contribution in [0.5, 0.6) is 0 Å². The molecule has 1 fully saturated rings. The van der Waals surface area contributed by atoms with Crippen LogP contribution in [0.1, 0.15) is 32.6 Å². The molecule has 1 atom stereocenters. The first-order valence-corrected chi connectivity index (χ1v) is 5.46. The van der Waals surface area contributed by atoms with Crippen molar-refractivity contribution in [3.05, 3.63) is 12.7 Å². The molecule has 1 unspecified atom stereocenters. The molecule has 2 nitrogen and oxygen atoms in total. The van der Waals surface area contributed by atoms with Crippen molar-refractivity contribution in [3.63, 3.8) is 0 Å². The minimum Gasteiger partial charge on any atom is -0.396 e. The molecule has 14 heavy (non-hydrogen) atoms. The van der Waals surface area contributed by atoms with E-state index in [4.69, 9.17) is 5.11 Å². The zero-order valence-corrected chi connectivity index (χ0v) is 8.91. The summed E-state index contributed by atoms with van der Waals surface area (Å²) in [4.78, 5) is 11.4. The molecule has 0 aromatic carbocycles. The first kappa shape index (κ1) is 11.4. The van der Waals surface area contributed by atoms with Crippen LogP contribution in [0.3, 0.4) is 0 Å². The van der Waals surface area contributed by atoms with Crippen molar-refractivity contribution in [2.75, 3.05) is 6.61 Å². The summed E-state index contributed by atoms with van der Waals surface area (Å²) in [7, 11) is 0. The van der Waals surface area contributed by atoms with E-state index in [1.807, 2.05) is 6.92 Å². The number of allylic oxidation sites excluding steroid dienone is 1. The van der Waals surface area contributed by atoms with Gasteiger partial charge in [-0.1, -0.05) is 13.5 Å². The summed E-state index contributed by atoms with van der Waals surface area (Å²) in [5.74, 6) is 1.25. The van der Waals surface area contributed by atoms with E-state index in [1.165, 1.54) is 6.08 Å². The van der Waals surface area contributed by atoms with Crippen molar-refractivity contribution in [2.24, 2.45) is 17.8 Å². The fourth-order valence-corrected chi connectivity index (χ4v) is 2.29. The molecule has 0 aromatic rings. The second-order valence-electron chi connectivity index (χ2n) is 4.36. The topological polar surface area (TPSA) is 37.3 Å². The van der Waals surface area contributed by atoms with E-state index in [1.54, 1.807) is 0 Å². The molecule has 0 bridgehead atoms. The van der Waals surface area contributed by atoms with Gasteiger partial charge in [0, 0.05) is 12.5 Å². The Bertz CT molecular complexity index is 202. The van der Waals surface area contributed by atoms with Gasteiger partial charge in [0.1, 0.15) is 0 Å². The normalized spacial score (nSPS) is 29.6. The molecule has 0 amide bonds. The quantitative estimate of drug-likeness (QED) is 0.700. The number of rotatable bonds is 4. The molecule has 0 aliphatic heterocycles. The minimum absolute atomic E-state index is 0.118. The van der Waals surface area contributed by atoms with Gasteiger partial charge in [-0.3, -0.25) is 4.79 Å². The maximum absolute atomic E-state index is 11.4. The van der Waals surface area contributed by atoms with Crippen molar-refractivity contribution in [2.45, 2.75) is 32.6 Å². The number of aliphatic hydroxyl groups excluding tert-OH is 1. The summed E-state index contributed by atoms with van der Waals surface area (Å²) in [5.41, 5.74) is 0. The van der Waals surface area contributed by atoms with Gasteiger partial charge in [0.05, 0.1) is 0 Å². The third kappa shape index (κ3) is 2.68. The molecule has 1 aliphatic carbocycles. The number of aliphatic hydroxyl groups is 1. The maximum Gasteiger partial charge on any atom is 0.158 e. The summed E-state index contributed by atoms with van der Waals surface area (Å²) in [5, 5.41) is 8.99. The molecule has 80 valence electrons. The average Bonchev–Trinajstić information content (AvgIpc) is 2.27. The van der Waals surface area contributed by atoms with Crippen molar-refractivity contribution in [1.29, 1.82) is 0 Å². The predicted octanol–water partition coefficient (Wildman–Crippen LogP) is 2.18. The molecule has 0 aromatic heterocycles. The summed E-state index contributed by atoms with van der Waals surface area (Å²) >= 11 is 0. The molecule has 0 spiro atoms. The minimum atomic E-state index is 0.118. The predicted molar refractivity (Wildman–Crippen MR) is 56.9 cm³/mol. The number of hydrogen-bond donors (Lipinski definition) is 1. The van der Waals surface area contributed by atoms with Gasteiger partial charge in [-0.2, -0.15) is 0 Å². The lowest BCUT2D eigenvalue weighted by Crippen LogP contribution is -2.25. The van der Waals surface area contributed by atoms with Gasteiger partial charge >= 0.3 is 0 Å². The van der Waals surface area contributed by atoms with E-state index in [9.17, 15) is 4.79 Å². The van der Waals surface area contributed by atoms with Gasteiger partial charge in [0.2, 0.25) is 0 Å². The Hall–Kier alpha value is -0.630. The SMILES string of the molecule is C=CC(=O)C(C)C1CCC(CO)CC1. The second kappa shape index (κ2) is 5.30. The summed E-state index contributed by atoms with van der Waals surface area (Å²) < 4.78 is 0. The van der Waals surface area contributed by atoms with Crippen LogP contribution in [0, 0.1) is 17.8 Å². The number of hydrogen-bond acceptors (Lipinski definition) is 2. The van der Waals surface area contributed by atoms with E-state index >= 15 is 0 Å². The lowest BCUT2D eigenvalue weighted by atomic mass is 9.75. The highest BCUT2D eigenvalue weighted by molar-refractivity contribution is 5.91. The Morgan fingerprint density at radius 3 is 2.50 bits per heavy atom. The first-order valence-electron chi connectivity index (χ1n) is 5.46. The van der Waals surface area contributed by atoms with Crippen LogP contribution in [-0.4, -0.2) is 17.5 Å². The highest BCUT2D eigenvalue weighted by Crippen LogP contribution is 2.33. The van der Waals surface area contributed by atoms with Crippen molar-refractivity contribution in [1.82, 2.24) is 0 Å². The molecule has 1 saturated carbocycles. The zero-order chi connectivity index (χ0) is 10.6. The van der Waals surface area contributed by atoms with Crippen LogP contribution >= 0.6 is 0 Å². The molecule has 0 saturated heterocycles. The van der Waals surface area contributed by atoms with Crippen LogP contribution < -0.4 is 0 Å². The van der Waals surface area contributed by atoms with E-state index < -0.39 is 0 Å². The van der Waals surface area contributed by atoms with Gasteiger partial charge in [-0.15, -0.1) is 0 Å². The number of carbonyl (C=O) groups excluding carboxylic acids is 1. The van der Waals surface area contributed by atoms with Crippen LogP contribution in [0.4, 0.5) is 0 Å². The van der Waals surface area contributed by atoms with E-state index in [0.717, 1.165) is 25.7 Å². The highest BCUT2D eigenvalue weighted by Gasteiger charge is 2.27. The van der Waals surface area contributed by atoms with Crippen LogP contribution in [-0.2, 0) is 4.79 Å². The summed E-state index contributed by atoms with van der Waals surface area (Å²) in [6, 6.07) is 0. The molecule has 1 N–H and O–H groups in total. The number of ketones is 1. The van der Waals surface area contributed by atoms with Crippen molar-refractivity contribution < 1.29 is 9.90 Å². The zero-order valence-electron chi connectivity index (χ0n) is 8.91. The lowest BCUT2D eigenvalue weighted by molar-refractivity contribution is -0.119. The Kier molecular flexibility index (Phi) is 4.33. The van der Waals surface area contributed by atoms with Crippen molar-refractivity contribution >= 4 is 5.78 Å².